The highest BCUT2D eigenvalue weighted by atomic mass is 16.5. The van der Waals surface area contributed by atoms with Crippen molar-refractivity contribution in [2.45, 2.75) is 32.3 Å². The summed E-state index contributed by atoms with van der Waals surface area (Å²) in [5, 5.41) is 0. The SMILES string of the molecule is C/C=C\CC1OC(=O)C2=C1CCC=C2. The maximum atomic E-state index is 11.4. The highest BCUT2D eigenvalue weighted by molar-refractivity contribution is 5.95. The summed E-state index contributed by atoms with van der Waals surface area (Å²) >= 11 is 0. The summed E-state index contributed by atoms with van der Waals surface area (Å²) in [6.07, 6.45) is 10.8. The third-order valence-corrected chi connectivity index (χ3v) is 2.65. The maximum absolute atomic E-state index is 11.4. The lowest BCUT2D eigenvalue weighted by Crippen LogP contribution is -2.10. The molecular weight excluding hydrogens is 176 g/mol. The molecule has 0 amide bonds. The molecule has 0 fully saturated rings. The molecular formula is C12H14O2. The van der Waals surface area contributed by atoms with E-state index in [1.165, 1.54) is 5.57 Å². The van der Waals surface area contributed by atoms with Gasteiger partial charge in [-0.2, -0.15) is 0 Å². The number of allylic oxidation sites excluding steroid dienone is 2. The predicted molar refractivity (Wildman–Crippen MR) is 54.7 cm³/mol. The van der Waals surface area contributed by atoms with Crippen LogP contribution in [0.15, 0.2) is 35.5 Å². The maximum Gasteiger partial charge on any atom is 0.338 e. The minimum Gasteiger partial charge on any atom is -0.454 e. The Morgan fingerprint density at radius 1 is 1.64 bits per heavy atom. The van der Waals surface area contributed by atoms with Gasteiger partial charge in [-0.25, -0.2) is 4.79 Å². The van der Waals surface area contributed by atoms with Crippen molar-refractivity contribution >= 4 is 5.97 Å². The van der Waals surface area contributed by atoms with Crippen molar-refractivity contribution in [3.8, 4) is 0 Å². The van der Waals surface area contributed by atoms with Crippen molar-refractivity contribution in [2.75, 3.05) is 0 Å². The average Bonchev–Trinajstić information content (AvgIpc) is 2.54. The summed E-state index contributed by atoms with van der Waals surface area (Å²) in [4.78, 5) is 11.4. The number of hydrogen-bond acceptors (Lipinski definition) is 2. The summed E-state index contributed by atoms with van der Waals surface area (Å²) in [6.45, 7) is 1.98. The van der Waals surface area contributed by atoms with E-state index >= 15 is 0 Å². The number of carbonyl (C=O) groups excluding carboxylic acids is 1. The Labute approximate surface area is 83.9 Å². The molecule has 0 aromatic rings. The Hall–Kier alpha value is -1.31. The lowest BCUT2D eigenvalue weighted by atomic mass is 9.94. The number of hydrogen-bond donors (Lipinski definition) is 0. The molecule has 1 heterocycles. The fourth-order valence-corrected chi connectivity index (χ4v) is 1.93. The van der Waals surface area contributed by atoms with Gasteiger partial charge >= 0.3 is 5.97 Å². The molecule has 2 rings (SSSR count). The molecule has 0 aromatic carbocycles. The Bertz CT molecular complexity index is 334. The van der Waals surface area contributed by atoms with Crippen LogP contribution in [0.2, 0.25) is 0 Å². The Morgan fingerprint density at radius 2 is 2.50 bits per heavy atom. The summed E-state index contributed by atoms with van der Waals surface area (Å²) < 4.78 is 5.29. The highest BCUT2D eigenvalue weighted by Gasteiger charge is 2.32. The van der Waals surface area contributed by atoms with Crippen LogP contribution < -0.4 is 0 Å². The van der Waals surface area contributed by atoms with Crippen molar-refractivity contribution in [3.63, 3.8) is 0 Å². The minimum atomic E-state index is -0.148. The molecule has 2 heteroatoms. The molecule has 0 saturated heterocycles. The number of carbonyl (C=O) groups is 1. The lowest BCUT2D eigenvalue weighted by Gasteiger charge is -2.12. The van der Waals surface area contributed by atoms with Gasteiger partial charge in [-0.3, -0.25) is 0 Å². The van der Waals surface area contributed by atoms with Crippen LogP contribution in [0.5, 0.6) is 0 Å². The summed E-state index contributed by atoms with van der Waals surface area (Å²) in [6, 6.07) is 0. The third kappa shape index (κ3) is 1.52. The molecule has 74 valence electrons. The van der Waals surface area contributed by atoms with Crippen LogP contribution in [0.1, 0.15) is 26.2 Å². The standard InChI is InChI=1S/C12H14O2/c1-2-3-8-11-9-6-4-5-7-10(9)12(13)14-11/h2-3,5,7,11H,4,6,8H2,1H3/b3-2-. The largest absolute Gasteiger partial charge is 0.454 e. The Balaban J connectivity index is 2.19. The first-order valence-electron chi connectivity index (χ1n) is 5.04. The summed E-state index contributed by atoms with van der Waals surface area (Å²) in [5.41, 5.74) is 1.99. The van der Waals surface area contributed by atoms with Crippen molar-refractivity contribution < 1.29 is 9.53 Å². The average molecular weight is 190 g/mol. The van der Waals surface area contributed by atoms with Crippen molar-refractivity contribution in [1.29, 1.82) is 0 Å². The molecule has 2 nitrogen and oxygen atoms in total. The van der Waals surface area contributed by atoms with Gasteiger partial charge in [-0.05, 0) is 25.3 Å². The van der Waals surface area contributed by atoms with Crippen LogP contribution in [-0.4, -0.2) is 12.1 Å². The van der Waals surface area contributed by atoms with Crippen molar-refractivity contribution in [2.24, 2.45) is 0 Å². The molecule has 14 heavy (non-hydrogen) atoms. The van der Waals surface area contributed by atoms with Crippen LogP contribution in [0.25, 0.3) is 0 Å². The smallest absolute Gasteiger partial charge is 0.338 e. The van der Waals surface area contributed by atoms with Gasteiger partial charge in [0.25, 0.3) is 0 Å². The fourth-order valence-electron chi connectivity index (χ4n) is 1.93. The second-order valence-electron chi connectivity index (χ2n) is 3.58. The lowest BCUT2D eigenvalue weighted by molar-refractivity contribution is -0.139. The molecule has 0 N–H and O–H groups in total. The molecule has 1 unspecified atom stereocenters. The molecule has 1 aliphatic carbocycles. The molecule has 1 aliphatic heterocycles. The van der Waals surface area contributed by atoms with Gasteiger partial charge in [-0.15, -0.1) is 0 Å². The minimum absolute atomic E-state index is 0.00125. The van der Waals surface area contributed by atoms with Gasteiger partial charge < -0.3 is 4.74 Å². The van der Waals surface area contributed by atoms with E-state index in [2.05, 4.69) is 0 Å². The quantitative estimate of drug-likeness (QED) is 0.494. The van der Waals surface area contributed by atoms with Crippen molar-refractivity contribution in [3.05, 3.63) is 35.5 Å². The second-order valence-corrected chi connectivity index (χ2v) is 3.58. The van der Waals surface area contributed by atoms with Gasteiger partial charge in [0.05, 0.1) is 5.57 Å². The Kier molecular flexibility index (Phi) is 2.53. The van der Waals surface area contributed by atoms with Gasteiger partial charge in [0.2, 0.25) is 0 Å². The van der Waals surface area contributed by atoms with E-state index in [1.54, 1.807) is 0 Å². The van der Waals surface area contributed by atoms with E-state index in [-0.39, 0.29) is 12.1 Å². The predicted octanol–water partition coefficient (Wildman–Crippen LogP) is 2.52. The summed E-state index contributed by atoms with van der Waals surface area (Å²) in [5.74, 6) is -0.148. The van der Waals surface area contributed by atoms with Crippen molar-refractivity contribution in [1.82, 2.24) is 0 Å². The zero-order valence-electron chi connectivity index (χ0n) is 8.32. The van der Waals surface area contributed by atoms with Gasteiger partial charge in [-0.1, -0.05) is 24.3 Å². The molecule has 0 spiro atoms. The fraction of sp³-hybridized carbons (Fsp3) is 0.417. The number of rotatable bonds is 2. The topological polar surface area (TPSA) is 26.3 Å². The zero-order chi connectivity index (χ0) is 9.97. The van der Waals surface area contributed by atoms with Crippen LogP contribution in [0.3, 0.4) is 0 Å². The molecule has 0 aromatic heterocycles. The van der Waals surface area contributed by atoms with E-state index < -0.39 is 0 Å². The molecule has 0 saturated carbocycles. The number of esters is 1. The molecule has 1 atom stereocenters. The number of ether oxygens (including phenoxy) is 1. The first kappa shape index (κ1) is 9.25. The van der Waals surface area contributed by atoms with E-state index in [9.17, 15) is 4.79 Å². The highest BCUT2D eigenvalue weighted by Crippen LogP contribution is 2.32. The van der Waals surface area contributed by atoms with E-state index in [4.69, 9.17) is 4.74 Å². The van der Waals surface area contributed by atoms with Crippen LogP contribution in [0, 0.1) is 0 Å². The van der Waals surface area contributed by atoms with Crippen LogP contribution >= 0.6 is 0 Å². The van der Waals surface area contributed by atoms with E-state index in [1.807, 2.05) is 31.2 Å². The normalized spacial score (nSPS) is 25.8. The van der Waals surface area contributed by atoms with Crippen LogP contribution in [-0.2, 0) is 9.53 Å². The monoisotopic (exact) mass is 190 g/mol. The third-order valence-electron chi connectivity index (χ3n) is 2.65. The molecule has 2 aliphatic rings. The van der Waals surface area contributed by atoms with Crippen LogP contribution in [0.4, 0.5) is 0 Å². The first-order chi connectivity index (χ1) is 6.83. The van der Waals surface area contributed by atoms with Gasteiger partial charge in [0.1, 0.15) is 6.10 Å². The van der Waals surface area contributed by atoms with E-state index in [0.717, 1.165) is 24.8 Å². The van der Waals surface area contributed by atoms with Gasteiger partial charge in [0, 0.05) is 6.42 Å². The zero-order valence-corrected chi connectivity index (χ0v) is 8.32. The first-order valence-corrected chi connectivity index (χ1v) is 5.04. The molecule has 0 radical (unpaired) electrons. The Morgan fingerprint density at radius 3 is 3.29 bits per heavy atom. The van der Waals surface area contributed by atoms with Gasteiger partial charge in [0.15, 0.2) is 0 Å². The molecule has 0 bridgehead atoms. The summed E-state index contributed by atoms with van der Waals surface area (Å²) in [7, 11) is 0. The van der Waals surface area contributed by atoms with E-state index in [0.29, 0.717) is 0 Å². The number of cyclic esters (lactones) is 1. The second kappa shape index (κ2) is 3.82.